The Kier molecular flexibility index (Phi) is 4.82. The molecule has 0 unspecified atom stereocenters. The zero-order valence-corrected chi connectivity index (χ0v) is 18.0. The molecule has 1 aromatic heterocycles. The van der Waals surface area contributed by atoms with Gasteiger partial charge in [0.15, 0.2) is 11.4 Å². The van der Waals surface area contributed by atoms with Crippen LogP contribution in [0, 0.1) is 18.6 Å². The minimum Gasteiger partial charge on any atom is -0.503 e. The first-order valence-electron chi connectivity index (χ1n) is 10.9. The number of hydrogen-bond donors (Lipinski definition) is 3. The molecule has 0 saturated carbocycles. The number of benzene rings is 1. The Bertz CT molecular complexity index is 1250. The highest BCUT2D eigenvalue weighted by molar-refractivity contribution is 6.00. The van der Waals surface area contributed by atoms with Crippen LogP contribution in [0.3, 0.4) is 0 Å². The van der Waals surface area contributed by atoms with Gasteiger partial charge in [-0.25, -0.2) is 8.78 Å². The number of aromatic nitrogens is 1. The fourth-order valence-electron chi connectivity index (χ4n) is 5.55. The van der Waals surface area contributed by atoms with E-state index < -0.39 is 58.4 Å². The number of nitrogens with one attached hydrogen (secondary N) is 1. The summed E-state index contributed by atoms with van der Waals surface area (Å²) in [5.74, 6) is -4.05. The van der Waals surface area contributed by atoms with Gasteiger partial charge in [0.05, 0.1) is 17.3 Å². The number of carbonyl (C=O) groups is 2. The Morgan fingerprint density at radius 1 is 1.24 bits per heavy atom. The van der Waals surface area contributed by atoms with Crippen molar-refractivity contribution in [1.82, 2.24) is 14.8 Å². The molecule has 2 amide bonds. The summed E-state index contributed by atoms with van der Waals surface area (Å²) in [6, 6.07) is 2.25. The Morgan fingerprint density at radius 3 is 2.64 bits per heavy atom. The molecule has 174 valence electrons. The largest absolute Gasteiger partial charge is 0.503 e. The minimum atomic E-state index is -1.21. The molecule has 3 aliphatic rings. The predicted molar refractivity (Wildman–Crippen MR) is 112 cm³/mol. The molecule has 8 nitrogen and oxygen atoms in total. The molecular formula is C23H23F2N3O5. The number of aryl methyl sites for hydroxylation is 1. The Balaban J connectivity index is 1.61. The molecule has 1 saturated heterocycles. The third kappa shape index (κ3) is 3.07. The van der Waals surface area contributed by atoms with E-state index in [0.717, 1.165) is 25.0 Å². The number of pyridine rings is 1. The monoisotopic (exact) mass is 459 g/mol. The van der Waals surface area contributed by atoms with Crippen LogP contribution in [0.5, 0.6) is 5.75 Å². The molecule has 2 atom stereocenters. The van der Waals surface area contributed by atoms with E-state index in [1.807, 2.05) is 0 Å². The summed E-state index contributed by atoms with van der Waals surface area (Å²) in [5.41, 5.74) is -2.59. The summed E-state index contributed by atoms with van der Waals surface area (Å²) >= 11 is 0. The van der Waals surface area contributed by atoms with Gasteiger partial charge in [-0.2, -0.15) is 0 Å². The first kappa shape index (κ1) is 21.6. The summed E-state index contributed by atoms with van der Waals surface area (Å²) < 4.78 is 29.8. The average Bonchev–Trinajstić information content (AvgIpc) is 2.90. The van der Waals surface area contributed by atoms with Gasteiger partial charge in [-0.05, 0) is 43.9 Å². The van der Waals surface area contributed by atoms with Crippen molar-refractivity contribution in [1.29, 1.82) is 0 Å². The van der Waals surface area contributed by atoms with Crippen LogP contribution in [0.15, 0.2) is 16.9 Å². The molecule has 1 spiro atoms. The maximum absolute atomic E-state index is 14.2. The van der Waals surface area contributed by atoms with Gasteiger partial charge in [0.1, 0.15) is 17.2 Å². The van der Waals surface area contributed by atoms with E-state index in [2.05, 4.69) is 5.32 Å². The molecule has 1 aromatic carbocycles. The van der Waals surface area contributed by atoms with Crippen LogP contribution in [0.4, 0.5) is 8.78 Å². The Hall–Kier alpha value is -3.27. The lowest BCUT2D eigenvalue weighted by molar-refractivity contribution is 0.0549. The number of aromatic hydroxyl groups is 1. The summed E-state index contributed by atoms with van der Waals surface area (Å²) in [6.07, 6.45) is 1.11. The van der Waals surface area contributed by atoms with E-state index >= 15 is 0 Å². The van der Waals surface area contributed by atoms with Crippen molar-refractivity contribution in [2.75, 3.05) is 13.1 Å². The molecule has 3 aliphatic heterocycles. The summed E-state index contributed by atoms with van der Waals surface area (Å²) in [4.78, 5) is 40.6. The topological polar surface area (TPSA) is 112 Å². The number of aliphatic hydroxyl groups is 1. The molecular weight excluding hydrogens is 436 g/mol. The lowest BCUT2D eigenvalue weighted by atomic mass is 9.88. The molecule has 5 rings (SSSR count). The maximum atomic E-state index is 14.2. The second kappa shape index (κ2) is 7.38. The molecule has 0 radical (unpaired) electrons. The normalized spacial score (nSPS) is 23.3. The van der Waals surface area contributed by atoms with Crippen molar-refractivity contribution in [3.8, 4) is 5.75 Å². The highest BCUT2D eigenvalue weighted by Crippen LogP contribution is 2.49. The quantitative estimate of drug-likeness (QED) is 0.649. The number of fused-ring (bicyclic) bond motifs is 1. The smallest absolute Gasteiger partial charge is 0.274 e. The van der Waals surface area contributed by atoms with Crippen molar-refractivity contribution in [3.63, 3.8) is 0 Å². The molecule has 4 heterocycles. The zero-order valence-electron chi connectivity index (χ0n) is 18.0. The lowest BCUT2D eigenvalue weighted by Crippen LogP contribution is -2.52. The van der Waals surface area contributed by atoms with Gasteiger partial charge in [-0.1, -0.05) is 0 Å². The third-order valence-electron chi connectivity index (χ3n) is 6.98. The van der Waals surface area contributed by atoms with Gasteiger partial charge in [-0.3, -0.25) is 14.4 Å². The summed E-state index contributed by atoms with van der Waals surface area (Å²) in [6.45, 7) is 1.79. The number of amides is 2. The van der Waals surface area contributed by atoms with E-state index in [1.165, 1.54) is 11.5 Å². The van der Waals surface area contributed by atoms with Crippen LogP contribution in [-0.2, 0) is 12.1 Å². The molecule has 0 aliphatic carbocycles. The van der Waals surface area contributed by atoms with Gasteiger partial charge < -0.3 is 25.0 Å². The second-order valence-corrected chi connectivity index (χ2v) is 9.14. The fraction of sp³-hybridized carbons (Fsp3) is 0.435. The van der Waals surface area contributed by atoms with Crippen LogP contribution < -0.4 is 10.7 Å². The molecule has 33 heavy (non-hydrogen) atoms. The number of hydrogen-bond acceptors (Lipinski definition) is 5. The molecule has 3 N–H and O–H groups in total. The van der Waals surface area contributed by atoms with Gasteiger partial charge in [0, 0.05) is 31.6 Å². The van der Waals surface area contributed by atoms with Crippen molar-refractivity contribution in [2.45, 2.75) is 50.8 Å². The number of halogens is 2. The molecule has 2 aromatic rings. The first-order chi connectivity index (χ1) is 15.6. The molecule has 10 heteroatoms. The van der Waals surface area contributed by atoms with Gasteiger partial charge in [0.25, 0.3) is 11.8 Å². The Labute approximate surface area is 187 Å². The number of aliphatic hydroxyl groups excluding tert-OH is 1. The number of rotatable bonds is 3. The van der Waals surface area contributed by atoms with Crippen molar-refractivity contribution in [3.05, 3.63) is 62.1 Å². The predicted octanol–water partition coefficient (Wildman–Crippen LogP) is 1.84. The molecule has 2 bridgehead atoms. The SMILES string of the molecule is Cc1cc(F)c(CNC(=O)c2c3n4c(c(O)c2=O)C(=O)N2CCCC[C@@]4(C[C@H]3O)C2)c(F)c1. The van der Waals surface area contributed by atoms with Crippen LogP contribution in [0.1, 0.15) is 69.5 Å². The average molecular weight is 459 g/mol. The third-order valence-corrected chi connectivity index (χ3v) is 6.98. The highest BCUT2D eigenvalue weighted by atomic mass is 19.1. The number of carbonyl (C=O) groups excluding carboxylic acids is 2. The summed E-state index contributed by atoms with van der Waals surface area (Å²) in [5, 5.41) is 23.9. The lowest BCUT2D eigenvalue weighted by Gasteiger charge is -2.41. The van der Waals surface area contributed by atoms with E-state index in [0.29, 0.717) is 25.1 Å². The Morgan fingerprint density at radius 2 is 1.94 bits per heavy atom. The number of nitrogens with zero attached hydrogens (tertiary/aromatic N) is 2. The van der Waals surface area contributed by atoms with Crippen molar-refractivity contribution in [2.24, 2.45) is 0 Å². The van der Waals surface area contributed by atoms with E-state index in [1.54, 1.807) is 4.90 Å². The fourth-order valence-corrected chi connectivity index (χ4v) is 5.55. The molecule has 1 fully saturated rings. The zero-order chi connectivity index (χ0) is 23.7. The van der Waals surface area contributed by atoms with Crippen LogP contribution in [0.25, 0.3) is 0 Å². The summed E-state index contributed by atoms with van der Waals surface area (Å²) in [7, 11) is 0. The maximum Gasteiger partial charge on any atom is 0.274 e. The van der Waals surface area contributed by atoms with Crippen molar-refractivity contribution < 1.29 is 28.6 Å². The van der Waals surface area contributed by atoms with Crippen LogP contribution in [-0.4, -0.2) is 44.6 Å². The van der Waals surface area contributed by atoms with E-state index in [-0.39, 0.29) is 23.4 Å². The van der Waals surface area contributed by atoms with E-state index in [9.17, 15) is 33.4 Å². The van der Waals surface area contributed by atoms with E-state index in [4.69, 9.17) is 0 Å². The van der Waals surface area contributed by atoms with Crippen LogP contribution >= 0.6 is 0 Å². The van der Waals surface area contributed by atoms with Gasteiger partial charge in [-0.15, -0.1) is 0 Å². The first-order valence-corrected chi connectivity index (χ1v) is 10.9. The van der Waals surface area contributed by atoms with Crippen molar-refractivity contribution >= 4 is 11.8 Å². The van der Waals surface area contributed by atoms with Gasteiger partial charge in [0.2, 0.25) is 5.43 Å². The van der Waals surface area contributed by atoms with Gasteiger partial charge >= 0.3 is 0 Å². The van der Waals surface area contributed by atoms with Crippen LogP contribution in [0.2, 0.25) is 0 Å². The highest BCUT2D eigenvalue weighted by Gasteiger charge is 2.53. The standard InChI is InChI=1S/C23H23F2N3O5/c1-11-6-13(24)12(14(25)7-11)9-26-21(32)16-17-15(29)8-23-4-2-3-5-27(10-23)22(33)18(28(17)23)20(31)19(16)30/h6-7,15,29,31H,2-5,8-10H2,1H3,(H,26,32)/t15-,23-/m1/s1. The minimum absolute atomic E-state index is 0.0370. The second-order valence-electron chi connectivity index (χ2n) is 9.14.